The number of hydrogen-bond acceptors (Lipinski definition) is 5. The maximum Gasteiger partial charge on any atom is 0.466 e. The molecule has 0 saturated carbocycles. The minimum atomic E-state index is -4.64. The highest BCUT2D eigenvalue weighted by Crippen LogP contribution is 2.25. The average molecular weight is 320 g/mol. The minimum Gasteiger partial charge on any atom is -0.348 e. The lowest BCUT2D eigenvalue weighted by Crippen LogP contribution is -2.02. The molecule has 21 heavy (non-hydrogen) atoms. The highest BCUT2D eigenvalue weighted by molar-refractivity contribution is 7.45. The van der Waals surface area contributed by atoms with Crippen molar-refractivity contribution in [3.05, 3.63) is 36.4 Å². The van der Waals surface area contributed by atoms with Gasteiger partial charge in [-0.1, -0.05) is 0 Å². The highest BCUT2D eigenvalue weighted by Gasteiger charge is 2.00. The topological polar surface area (TPSA) is 187 Å². The van der Waals surface area contributed by atoms with Gasteiger partial charge < -0.3 is 36.1 Å². The van der Waals surface area contributed by atoms with Crippen LogP contribution in [0.3, 0.4) is 0 Å². The van der Waals surface area contributed by atoms with Crippen molar-refractivity contribution in [3.8, 4) is 0 Å². The summed E-state index contributed by atoms with van der Waals surface area (Å²) < 4.78 is 8.88. The molecule has 0 saturated heterocycles. The summed E-state index contributed by atoms with van der Waals surface area (Å²) in [5.41, 5.74) is 12.8. The second kappa shape index (κ2) is 11.1. The first-order valence-electron chi connectivity index (χ1n) is 5.99. The van der Waals surface area contributed by atoms with E-state index in [1.54, 1.807) is 25.0 Å². The number of rotatable bonds is 4. The van der Waals surface area contributed by atoms with Gasteiger partial charge in [0.2, 0.25) is 0 Å². The van der Waals surface area contributed by atoms with Crippen LogP contribution < -0.4 is 11.5 Å². The SMILES string of the molecule is NCCc1cnc[nH]1.NCCc1cnc[nH]1.O=P(O)(O)O. The van der Waals surface area contributed by atoms with Crippen LogP contribution >= 0.6 is 7.82 Å². The summed E-state index contributed by atoms with van der Waals surface area (Å²) in [5.74, 6) is 0. The molecular weight excluding hydrogens is 299 g/mol. The van der Waals surface area contributed by atoms with Crippen molar-refractivity contribution in [2.45, 2.75) is 12.8 Å². The Morgan fingerprint density at radius 1 is 0.952 bits per heavy atom. The molecule has 10 nitrogen and oxygen atoms in total. The molecule has 0 unspecified atom stereocenters. The van der Waals surface area contributed by atoms with Gasteiger partial charge in [-0.3, -0.25) is 0 Å². The van der Waals surface area contributed by atoms with Gasteiger partial charge >= 0.3 is 7.82 Å². The van der Waals surface area contributed by atoms with Gasteiger partial charge in [0, 0.05) is 36.6 Å². The third kappa shape index (κ3) is 14.7. The zero-order chi connectivity index (χ0) is 16.1. The molecule has 9 N–H and O–H groups in total. The zero-order valence-electron chi connectivity index (χ0n) is 11.4. The summed E-state index contributed by atoms with van der Waals surface area (Å²) in [7, 11) is -4.64. The predicted octanol–water partition coefficient (Wildman–Crippen LogP) is -1.11. The third-order valence-corrected chi connectivity index (χ3v) is 1.94. The number of phosphoric acid groups is 1. The minimum absolute atomic E-state index is 0.683. The van der Waals surface area contributed by atoms with Crippen LogP contribution in [0.5, 0.6) is 0 Å². The number of aromatic nitrogens is 4. The van der Waals surface area contributed by atoms with E-state index in [2.05, 4.69) is 19.9 Å². The molecule has 0 fully saturated rings. The van der Waals surface area contributed by atoms with Gasteiger partial charge in [0.25, 0.3) is 0 Å². The highest BCUT2D eigenvalue weighted by atomic mass is 31.2. The zero-order valence-corrected chi connectivity index (χ0v) is 12.3. The van der Waals surface area contributed by atoms with Gasteiger partial charge in [0.15, 0.2) is 0 Å². The van der Waals surface area contributed by atoms with Crippen molar-refractivity contribution in [3.63, 3.8) is 0 Å². The maximum absolute atomic E-state index is 8.88. The Hall–Kier alpha value is -1.55. The van der Waals surface area contributed by atoms with Gasteiger partial charge in [-0.25, -0.2) is 14.5 Å². The van der Waals surface area contributed by atoms with Crippen LogP contribution in [0, 0.1) is 0 Å². The molecule has 120 valence electrons. The van der Waals surface area contributed by atoms with Crippen molar-refractivity contribution in [2.75, 3.05) is 13.1 Å². The van der Waals surface area contributed by atoms with E-state index in [-0.39, 0.29) is 0 Å². The van der Waals surface area contributed by atoms with E-state index in [0.717, 1.165) is 24.2 Å². The van der Waals surface area contributed by atoms with Crippen LogP contribution in [0.25, 0.3) is 0 Å². The van der Waals surface area contributed by atoms with E-state index >= 15 is 0 Å². The summed E-state index contributed by atoms with van der Waals surface area (Å²) >= 11 is 0. The standard InChI is InChI=1S/2C5H9N3.H3O4P/c2*6-2-1-5-3-7-4-8-5;1-5(2,3)4/h2*3-4H,1-2,6H2,(H,7,8);(H3,1,2,3,4). The van der Waals surface area contributed by atoms with Crippen LogP contribution in [-0.4, -0.2) is 47.7 Å². The molecule has 2 heterocycles. The summed E-state index contributed by atoms with van der Waals surface area (Å²) in [6, 6.07) is 0. The number of hydrogen-bond donors (Lipinski definition) is 7. The monoisotopic (exact) mass is 320 g/mol. The number of aromatic amines is 2. The predicted molar refractivity (Wildman–Crippen MR) is 77.0 cm³/mol. The summed E-state index contributed by atoms with van der Waals surface area (Å²) in [6.45, 7) is 1.37. The van der Waals surface area contributed by atoms with Gasteiger partial charge in [0.05, 0.1) is 12.7 Å². The lowest BCUT2D eigenvalue weighted by molar-refractivity contribution is 0.275. The maximum atomic E-state index is 8.88. The second-order valence-electron chi connectivity index (χ2n) is 3.74. The van der Waals surface area contributed by atoms with E-state index in [0.29, 0.717) is 13.1 Å². The van der Waals surface area contributed by atoms with Gasteiger partial charge in [-0.15, -0.1) is 0 Å². The molecule has 0 amide bonds. The van der Waals surface area contributed by atoms with Crippen molar-refractivity contribution in [1.82, 2.24) is 19.9 Å². The fraction of sp³-hybridized carbons (Fsp3) is 0.400. The van der Waals surface area contributed by atoms with E-state index in [1.807, 2.05) is 0 Å². The fourth-order valence-electron chi connectivity index (χ4n) is 1.15. The van der Waals surface area contributed by atoms with Crippen LogP contribution in [0.1, 0.15) is 11.4 Å². The Labute approximate surface area is 121 Å². The van der Waals surface area contributed by atoms with E-state index in [1.165, 1.54) is 0 Å². The first-order valence-corrected chi connectivity index (χ1v) is 7.56. The molecule has 0 atom stereocenters. The second-order valence-corrected chi connectivity index (χ2v) is 4.77. The molecule has 2 rings (SSSR count). The first kappa shape index (κ1) is 19.4. The number of H-pyrrole nitrogens is 2. The molecule has 0 bridgehead atoms. The molecule has 11 heteroatoms. The Bertz CT molecular complexity index is 439. The van der Waals surface area contributed by atoms with Crippen molar-refractivity contribution in [2.24, 2.45) is 11.5 Å². The number of nitrogens with two attached hydrogens (primary N) is 2. The molecular formula is C10H21N6O4P. The lowest BCUT2D eigenvalue weighted by atomic mass is 10.3. The number of nitrogens with zero attached hydrogens (tertiary/aromatic N) is 2. The normalized spacial score (nSPS) is 10.1. The summed E-state index contributed by atoms with van der Waals surface area (Å²) in [6.07, 6.45) is 8.66. The first-order chi connectivity index (χ1) is 9.86. The van der Waals surface area contributed by atoms with Gasteiger partial charge in [-0.2, -0.15) is 0 Å². The van der Waals surface area contributed by atoms with Crippen LogP contribution in [0.4, 0.5) is 0 Å². The average Bonchev–Trinajstić information content (AvgIpc) is 3.01. The Kier molecular flexibility index (Phi) is 10.3. The molecule has 2 aromatic heterocycles. The molecule has 2 aromatic rings. The Balaban J connectivity index is 0.000000296. The Morgan fingerprint density at radius 2 is 1.29 bits per heavy atom. The summed E-state index contributed by atoms with van der Waals surface area (Å²) in [5, 5.41) is 0. The van der Waals surface area contributed by atoms with Crippen LogP contribution in [0.15, 0.2) is 25.0 Å². The third-order valence-electron chi connectivity index (χ3n) is 1.94. The van der Waals surface area contributed by atoms with Crippen molar-refractivity contribution < 1.29 is 19.2 Å². The molecule has 0 spiro atoms. The quantitative estimate of drug-likeness (QED) is 0.345. The largest absolute Gasteiger partial charge is 0.466 e. The van der Waals surface area contributed by atoms with E-state index < -0.39 is 7.82 Å². The fourth-order valence-corrected chi connectivity index (χ4v) is 1.15. The Morgan fingerprint density at radius 3 is 1.48 bits per heavy atom. The molecule has 0 aliphatic heterocycles. The smallest absolute Gasteiger partial charge is 0.348 e. The van der Waals surface area contributed by atoms with E-state index in [9.17, 15) is 0 Å². The molecule has 0 aliphatic rings. The molecule has 0 radical (unpaired) electrons. The lowest BCUT2D eigenvalue weighted by Gasteiger charge is -1.86. The van der Waals surface area contributed by atoms with Crippen molar-refractivity contribution >= 4 is 7.82 Å². The molecule has 0 aromatic carbocycles. The van der Waals surface area contributed by atoms with Gasteiger partial charge in [-0.05, 0) is 13.1 Å². The van der Waals surface area contributed by atoms with Gasteiger partial charge in [0.1, 0.15) is 0 Å². The van der Waals surface area contributed by atoms with E-state index in [4.69, 9.17) is 30.7 Å². The molecule has 0 aliphatic carbocycles. The number of nitrogens with one attached hydrogen (secondary N) is 2. The summed E-state index contributed by atoms with van der Waals surface area (Å²) in [4.78, 5) is 35.1. The van der Waals surface area contributed by atoms with Crippen LogP contribution in [-0.2, 0) is 17.4 Å². The number of imidazole rings is 2. The van der Waals surface area contributed by atoms with Crippen molar-refractivity contribution in [1.29, 1.82) is 0 Å². The van der Waals surface area contributed by atoms with Crippen LogP contribution in [0.2, 0.25) is 0 Å².